The molecule has 0 nitrogen and oxygen atoms in total. The van der Waals surface area contributed by atoms with E-state index in [1.165, 1.54) is 12.8 Å². The summed E-state index contributed by atoms with van der Waals surface area (Å²) in [5.41, 5.74) is 4.81. The molecule has 0 aliphatic heterocycles. The van der Waals surface area contributed by atoms with Crippen LogP contribution in [-0.2, 0) is 12.8 Å². The predicted octanol–water partition coefficient (Wildman–Crippen LogP) is 3.54. The average molecular weight is 174 g/mol. The van der Waals surface area contributed by atoms with Crippen LogP contribution in [0.15, 0.2) is 18.2 Å². The summed E-state index contributed by atoms with van der Waals surface area (Å²) in [7, 11) is 0. The molecule has 0 unspecified atom stereocenters. The van der Waals surface area contributed by atoms with E-state index in [0.717, 1.165) is 5.92 Å². The molecule has 1 aliphatic rings. The third-order valence-electron chi connectivity index (χ3n) is 3.05. The third-order valence-corrected chi connectivity index (χ3v) is 3.05. The monoisotopic (exact) mass is 174 g/mol. The highest BCUT2D eigenvalue weighted by Crippen LogP contribution is 2.32. The number of hydrogen-bond donors (Lipinski definition) is 0. The maximum atomic E-state index is 2.35. The van der Waals surface area contributed by atoms with Crippen LogP contribution in [0.4, 0.5) is 0 Å². The van der Waals surface area contributed by atoms with Gasteiger partial charge in [-0.1, -0.05) is 39.0 Å². The Morgan fingerprint density at radius 2 is 2.00 bits per heavy atom. The maximum Gasteiger partial charge on any atom is -0.0216 e. The van der Waals surface area contributed by atoms with Gasteiger partial charge in [0.25, 0.3) is 0 Å². The quantitative estimate of drug-likeness (QED) is 0.611. The molecule has 0 spiro atoms. The molecule has 0 saturated heterocycles. The highest BCUT2D eigenvalue weighted by atomic mass is 14.3. The summed E-state index contributed by atoms with van der Waals surface area (Å²) < 4.78 is 0. The summed E-state index contributed by atoms with van der Waals surface area (Å²) in [6.45, 7) is 6.93. The number of rotatable bonds is 1. The number of hydrogen-bond acceptors (Lipinski definition) is 0. The minimum atomic E-state index is 0.681. The van der Waals surface area contributed by atoms with Crippen molar-refractivity contribution in [3.8, 4) is 0 Å². The molecular formula is C13H18. The van der Waals surface area contributed by atoms with Crippen LogP contribution in [0.25, 0.3) is 0 Å². The first-order valence-corrected chi connectivity index (χ1v) is 5.29. The van der Waals surface area contributed by atoms with Crippen molar-refractivity contribution in [2.45, 2.75) is 39.5 Å². The summed E-state index contributed by atoms with van der Waals surface area (Å²) in [6.07, 6.45) is 2.58. The SMILES string of the molecule is CC(C)c1cccc2c1C[C@@H](C)C2. The van der Waals surface area contributed by atoms with Crippen molar-refractivity contribution in [1.29, 1.82) is 0 Å². The lowest BCUT2D eigenvalue weighted by Crippen LogP contribution is -1.95. The van der Waals surface area contributed by atoms with E-state index in [9.17, 15) is 0 Å². The van der Waals surface area contributed by atoms with Gasteiger partial charge in [-0.3, -0.25) is 0 Å². The summed E-state index contributed by atoms with van der Waals surface area (Å²) in [5, 5.41) is 0. The Bertz CT molecular complexity index is 310. The van der Waals surface area contributed by atoms with E-state index in [1.807, 2.05) is 0 Å². The molecule has 1 atom stereocenters. The van der Waals surface area contributed by atoms with Gasteiger partial charge in [-0.05, 0) is 41.4 Å². The first kappa shape index (κ1) is 8.80. The van der Waals surface area contributed by atoms with Crippen LogP contribution < -0.4 is 0 Å². The van der Waals surface area contributed by atoms with Gasteiger partial charge in [0.1, 0.15) is 0 Å². The Balaban J connectivity index is 2.45. The predicted molar refractivity (Wildman–Crippen MR) is 57.1 cm³/mol. The smallest absolute Gasteiger partial charge is 0.0216 e. The third kappa shape index (κ3) is 1.50. The zero-order chi connectivity index (χ0) is 9.42. The van der Waals surface area contributed by atoms with Crippen molar-refractivity contribution in [1.82, 2.24) is 0 Å². The highest BCUT2D eigenvalue weighted by Gasteiger charge is 2.20. The Kier molecular flexibility index (Phi) is 2.15. The van der Waals surface area contributed by atoms with Crippen LogP contribution in [0.5, 0.6) is 0 Å². The van der Waals surface area contributed by atoms with Gasteiger partial charge in [-0.25, -0.2) is 0 Å². The molecule has 1 aliphatic carbocycles. The van der Waals surface area contributed by atoms with Gasteiger partial charge in [0, 0.05) is 0 Å². The van der Waals surface area contributed by atoms with E-state index in [2.05, 4.69) is 39.0 Å². The first-order chi connectivity index (χ1) is 6.18. The zero-order valence-corrected chi connectivity index (χ0v) is 8.80. The van der Waals surface area contributed by atoms with Crippen molar-refractivity contribution >= 4 is 0 Å². The molecule has 0 fully saturated rings. The maximum absolute atomic E-state index is 2.35. The van der Waals surface area contributed by atoms with E-state index < -0.39 is 0 Å². The van der Waals surface area contributed by atoms with Gasteiger partial charge < -0.3 is 0 Å². The van der Waals surface area contributed by atoms with Crippen LogP contribution in [0.1, 0.15) is 43.4 Å². The Morgan fingerprint density at radius 1 is 1.23 bits per heavy atom. The van der Waals surface area contributed by atoms with Crippen molar-refractivity contribution < 1.29 is 0 Å². The largest absolute Gasteiger partial charge is 0.0619 e. The Labute approximate surface area is 81.0 Å². The fourth-order valence-electron chi connectivity index (χ4n) is 2.43. The molecule has 0 heterocycles. The van der Waals surface area contributed by atoms with E-state index in [4.69, 9.17) is 0 Å². The number of fused-ring (bicyclic) bond motifs is 1. The van der Waals surface area contributed by atoms with Crippen molar-refractivity contribution in [2.24, 2.45) is 5.92 Å². The summed E-state index contributed by atoms with van der Waals surface area (Å²) in [5.74, 6) is 1.54. The van der Waals surface area contributed by atoms with Gasteiger partial charge in [-0.2, -0.15) is 0 Å². The van der Waals surface area contributed by atoms with E-state index in [0.29, 0.717) is 5.92 Å². The van der Waals surface area contributed by atoms with Crippen LogP contribution in [-0.4, -0.2) is 0 Å². The van der Waals surface area contributed by atoms with Crippen LogP contribution in [0.2, 0.25) is 0 Å². The zero-order valence-electron chi connectivity index (χ0n) is 8.80. The van der Waals surface area contributed by atoms with Gasteiger partial charge in [0.15, 0.2) is 0 Å². The summed E-state index contributed by atoms with van der Waals surface area (Å²) in [4.78, 5) is 0. The van der Waals surface area contributed by atoms with Crippen LogP contribution >= 0.6 is 0 Å². The van der Waals surface area contributed by atoms with Crippen molar-refractivity contribution in [3.05, 3.63) is 34.9 Å². The lowest BCUT2D eigenvalue weighted by atomic mass is 9.94. The molecule has 13 heavy (non-hydrogen) atoms. The first-order valence-electron chi connectivity index (χ1n) is 5.29. The fraction of sp³-hybridized carbons (Fsp3) is 0.538. The highest BCUT2D eigenvalue weighted by molar-refractivity contribution is 5.40. The lowest BCUT2D eigenvalue weighted by Gasteiger charge is -2.11. The second-order valence-electron chi connectivity index (χ2n) is 4.65. The molecule has 0 amide bonds. The molecule has 2 rings (SSSR count). The number of benzene rings is 1. The molecular weight excluding hydrogens is 156 g/mol. The van der Waals surface area contributed by atoms with Gasteiger partial charge in [0.2, 0.25) is 0 Å². The second-order valence-corrected chi connectivity index (χ2v) is 4.65. The standard InChI is InChI=1S/C13H18/c1-9(2)12-6-4-5-11-7-10(3)8-13(11)12/h4-6,9-10H,7-8H2,1-3H3/t10-/m0/s1. The molecule has 0 N–H and O–H groups in total. The minimum absolute atomic E-state index is 0.681. The molecule has 0 aromatic heterocycles. The van der Waals surface area contributed by atoms with Crippen molar-refractivity contribution in [2.75, 3.05) is 0 Å². The molecule has 1 aromatic carbocycles. The van der Waals surface area contributed by atoms with E-state index >= 15 is 0 Å². The second kappa shape index (κ2) is 3.17. The molecule has 0 heteroatoms. The van der Waals surface area contributed by atoms with Gasteiger partial charge in [-0.15, -0.1) is 0 Å². The normalized spacial score (nSPS) is 20.8. The summed E-state index contributed by atoms with van der Waals surface area (Å²) in [6, 6.07) is 6.80. The van der Waals surface area contributed by atoms with Crippen molar-refractivity contribution in [3.63, 3.8) is 0 Å². The van der Waals surface area contributed by atoms with Gasteiger partial charge >= 0.3 is 0 Å². The summed E-state index contributed by atoms with van der Waals surface area (Å²) >= 11 is 0. The van der Waals surface area contributed by atoms with E-state index in [1.54, 1.807) is 16.7 Å². The topological polar surface area (TPSA) is 0 Å². The molecule has 0 saturated carbocycles. The fourth-order valence-corrected chi connectivity index (χ4v) is 2.43. The van der Waals surface area contributed by atoms with E-state index in [-0.39, 0.29) is 0 Å². The molecule has 1 aromatic rings. The molecule has 0 radical (unpaired) electrons. The molecule has 0 bridgehead atoms. The van der Waals surface area contributed by atoms with Gasteiger partial charge in [0.05, 0.1) is 0 Å². The lowest BCUT2D eigenvalue weighted by molar-refractivity contribution is 0.625. The Hall–Kier alpha value is -0.780. The average Bonchev–Trinajstić information content (AvgIpc) is 2.43. The van der Waals surface area contributed by atoms with Crippen LogP contribution in [0, 0.1) is 5.92 Å². The molecule has 70 valence electrons. The van der Waals surface area contributed by atoms with Crippen LogP contribution in [0.3, 0.4) is 0 Å². The minimum Gasteiger partial charge on any atom is -0.0619 e. The Morgan fingerprint density at radius 3 is 2.69 bits per heavy atom.